The molecule has 1 aliphatic heterocycles. The Kier molecular flexibility index (Phi) is 3.58. The molecule has 0 amide bonds. The van der Waals surface area contributed by atoms with E-state index in [4.69, 9.17) is 12.2 Å². The highest BCUT2D eigenvalue weighted by molar-refractivity contribution is 7.91. The molecule has 0 saturated carbocycles. The van der Waals surface area contributed by atoms with Crippen molar-refractivity contribution < 1.29 is 8.42 Å². The number of hydrogen-bond donors (Lipinski definition) is 2. The number of anilines is 1. The van der Waals surface area contributed by atoms with Gasteiger partial charge in [0.15, 0.2) is 14.9 Å². The van der Waals surface area contributed by atoms with E-state index in [0.29, 0.717) is 17.4 Å². The number of rotatable bonds is 2. The highest BCUT2D eigenvalue weighted by Gasteiger charge is 2.28. The van der Waals surface area contributed by atoms with E-state index in [1.165, 1.54) is 0 Å². The van der Waals surface area contributed by atoms with Crippen LogP contribution in [0.25, 0.3) is 0 Å². The molecule has 1 aromatic rings. The van der Waals surface area contributed by atoms with Gasteiger partial charge < -0.3 is 10.6 Å². The molecule has 0 spiro atoms. The monoisotopic (exact) mass is 271 g/mol. The average molecular weight is 271 g/mol. The Morgan fingerprint density at radius 1 is 1.47 bits per heavy atom. The molecule has 1 aliphatic rings. The summed E-state index contributed by atoms with van der Waals surface area (Å²) in [6.45, 7) is 0. The van der Waals surface area contributed by atoms with Crippen LogP contribution in [0.3, 0.4) is 0 Å². The quantitative estimate of drug-likeness (QED) is 0.766. The summed E-state index contributed by atoms with van der Waals surface area (Å²) in [5.74, 6) is 1.03. The molecule has 0 aliphatic carbocycles. The molecule has 17 heavy (non-hydrogen) atoms. The highest BCUT2D eigenvalue weighted by atomic mass is 32.2. The van der Waals surface area contributed by atoms with Crippen LogP contribution in [0, 0.1) is 0 Å². The fourth-order valence-corrected chi connectivity index (χ4v) is 3.63. The zero-order chi connectivity index (χ0) is 12.3. The average Bonchev–Trinajstić information content (AvgIpc) is 2.59. The van der Waals surface area contributed by atoms with Gasteiger partial charge in [0.05, 0.1) is 11.5 Å². The molecular weight excluding hydrogens is 258 g/mol. The van der Waals surface area contributed by atoms with Crippen LogP contribution in [0.15, 0.2) is 24.4 Å². The van der Waals surface area contributed by atoms with Gasteiger partial charge in [-0.1, -0.05) is 6.07 Å². The fraction of sp³-hybridized carbons (Fsp3) is 0.400. The van der Waals surface area contributed by atoms with Crippen molar-refractivity contribution in [2.75, 3.05) is 16.8 Å². The Hall–Kier alpha value is -1.21. The molecule has 2 N–H and O–H groups in total. The van der Waals surface area contributed by atoms with Crippen LogP contribution >= 0.6 is 12.2 Å². The van der Waals surface area contributed by atoms with E-state index in [0.717, 1.165) is 0 Å². The predicted molar refractivity (Wildman–Crippen MR) is 70.7 cm³/mol. The molecule has 0 radical (unpaired) electrons. The minimum absolute atomic E-state index is 0.0938. The van der Waals surface area contributed by atoms with Crippen molar-refractivity contribution in [1.82, 2.24) is 10.3 Å². The lowest BCUT2D eigenvalue weighted by atomic mass is 10.3. The van der Waals surface area contributed by atoms with Gasteiger partial charge in [0.25, 0.3) is 0 Å². The molecular formula is C10H13N3O2S2. The van der Waals surface area contributed by atoms with Gasteiger partial charge in [0.2, 0.25) is 0 Å². The van der Waals surface area contributed by atoms with Crippen molar-refractivity contribution >= 4 is 33.0 Å². The lowest BCUT2D eigenvalue weighted by Crippen LogP contribution is -2.38. The maximum Gasteiger partial charge on any atom is 0.172 e. The Morgan fingerprint density at radius 3 is 2.88 bits per heavy atom. The van der Waals surface area contributed by atoms with Gasteiger partial charge in [0, 0.05) is 12.2 Å². The van der Waals surface area contributed by atoms with Gasteiger partial charge in [-0.2, -0.15) is 0 Å². The summed E-state index contributed by atoms with van der Waals surface area (Å²) in [6, 6.07) is 5.35. The van der Waals surface area contributed by atoms with E-state index >= 15 is 0 Å². The number of pyridine rings is 1. The topological polar surface area (TPSA) is 71.1 Å². The maximum absolute atomic E-state index is 11.3. The number of hydrogen-bond acceptors (Lipinski definition) is 4. The summed E-state index contributed by atoms with van der Waals surface area (Å²) >= 11 is 5.09. The Morgan fingerprint density at radius 2 is 2.29 bits per heavy atom. The number of nitrogens with one attached hydrogen (secondary N) is 2. The van der Waals surface area contributed by atoms with Crippen LogP contribution in [0.4, 0.5) is 5.82 Å². The van der Waals surface area contributed by atoms with E-state index < -0.39 is 9.84 Å². The molecule has 2 rings (SSSR count). The molecule has 1 saturated heterocycles. The van der Waals surface area contributed by atoms with Crippen molar-refractivity contribution in [3.05, 3.63) is 24.4 Å². The minimum Gasteiger partial charge on any atom is -0.359 e. The summed E-state index contributed by atoms with van der Waals surface area (Å²) in [5, 5.41) is 6.30. The molecule has 1 fully saturated rings. The van der Waals surface area contributed by atoms with E-state index in [2.05, 4.69) is 15.6 Å². The first kappa shape index (κ1) is 12.3. The van der Waals surface area contributed by atoms with Crippen LogP contribution in [-0.4, -0.2) is 36.1 Å². The van der Waals surface area contributed by atoms with Crippen molar-refractivity contribution in [2.24, 2.45) is 0 Å². The zero-order valence-corrected chi connectivity index (χ0v) is 10.7. The first-order valence-electron chi connectivity index (χ1n) is 5.24. The first-order chi connectivity index (χ1) is 8.05. The van der Waals surface area contributed by atoms with E-state index in [1.807, 2.05) is 12.1 Å². The smallest absolute Gasteiger partial charge is 0.172 e. The molecule has 0 bridgehead atoms. The van der Waals surface area contributed by atoms with Gasteiger partial charge in [-0.3, -0.25) is 0 Å². The summed E-state index contributed by atoms with van der Waals surface area (Å²) in [7, 11) is -2.88. The second-order valence-electron chi connectivity index (χ2n) is 3.91. The molecule has 1 unspecified atom stereocenters. The zero-order valence-electron chi connectivity index (χ0n) is 9.09. The standard InChI is InChI=1S/C10H13N3O2S2/c14-17(15)6-4-8(7-17)12-10(16)13-9-3-1-2-5-11-9/h1-3,5,8H,4,6-7H2,(H2,11,12,13,16). The van der Waals surface area contributed by atoms with Crippen molar-refractivity contribution in [3.63, 3.8) is 0 Å². The molecule has 5 nitrogen and oxygen atoms in total. The summed E-state index contributed by atoms with van der Waals surface area (Å²) in [4.78, 5) is 4.07. The lowest BCUT2D eigenvalue weighted by Gasteiger charge is -2.14. The third kappa shape index (κ3) is 3.64. The van der Waals surface area contributed by atoms with Gasteiger partial charge in [-0.25, -0.2) is 13.4 Å². The normalized spacial score (nSPS) is 22.0. The fourth-order valence-electron chi connectivity index (χ4n) is 1.68. The summed E-state index contributed by atoms with van der Waals surface area (Å²) in [5.41, 5.74) is 0. The predicted octanol–water partition coefficient (Wildman–Crippen LogP) is 0.555. The Bertz CT molecular complexity index is 502. The second kappa shape index (κ2) is 4.97. The van der Waals surface area contributed by atoms with Crippen LogP contribution in [-0.2, 0) is 9.84 Å². The van der Waals surface area contributed by atoms with Crippen LogP contribution in [0.1, 0.15) is 6.42 Å². The summed E-state index contributed by atoms with van der Waals surface area (Å²) < 4.78 is 22.5. The minimum atomic E-state index is -2.88. The Balaban J connectivity index is 1.87. The second-order valence-corrected chi connectivity index (χ2v) is 6.55. The van der Waals surface area contributed by atoms with E-state index in [1.54, 1.807) is 12.3 Å². The van der Waals surface area contributed by atoms with Gasteiger partial charge in [-0.15, -0.1) is 0 Å². The lowest BCUT2D eigenvalue weighted by molar-refractivity contribution is 0.600. The number of thiocarbonyl (C=S) groups is 1. The van der Waals surface area contributed by atoms with Crippen LogP contribution < -0.4 is 10.6 Å². The highest BCUT2D eigenvalue weighted by Crippen LogP contribution is 2.11. The molecule has 2 heterocycles. The third-order valence-corrected chi connectivity index (χ3v) is 4.46. The SMILES string of the molecule is O=S1(=O)CCC(NC(=S)Nc2ccccn2)C1. The Labute approximate surface area is 106 Å². The van der Waals surface area contributed by atoms with Crippen molar-refractivity contribution in [1.29, 1.82) is 0 Å². The molecule has 0 aromatic carbocycles. The van der Waals surface area contributed by atoms with E-state index in [9.17, 15) is 8.42 Å². The van der Waals surface area contributed by atoms with Crippen molar-refractivity contribution in [2.45, 2.75) is 12.5 Å². The number of nitrogens with zero attached hydrogens (tertiary/aromatic N) is 1. The molecule has 1 aromatic heterocycles. The third-order valence-electron chi connectivity index (χ3n) is 2.47. The molecule has 92 valence electrons. The summed E-state index contributed by atoms with van der Waals surface area (Å²) in [6.07, 6.45) is 2.26. The van der Waals surface area contributed by atoms with E-state index in [-0.39, 0.29) is 17.5 Å². The van der Waals surface area contributed by atoms with Gasteiger partial charge in [-0.05, 0) is 30.8 Å². The number of aromatic nitrogens is 1. The van der Waals surface area contributed by atoms with Gasteiger partial charge in [0.1, 0.15) is 5.82 Å². The maximum atomic E-state index is 11.3. The largest absolute Gasteiger partial charge is 0.359 e. The number of sulfone groups is 1. The van der Waals surface area contributed by atoms with Crippen LogP contribution in [0.5, 0.6) is 0 Å². The molecule has 7 heteroatoms. The molecule has 1 atom stereocenters. The van der Waals surface area contributed by atoms with Crippen LogP contribution in [0.2, 0.25) is 0 Å². The first-order valence-corrected chi connectivity index (χ1v) is 7.47. The van der Waals surface area contributed by atoms with Gasteiger partial charge >= 0.3 is 0 Å². The van der Waals surface area contributed by atoms with Crippen molar-refractivity contribution in [3.8, 4) is 0 Å².